The molecule has 0 atom stereocenters. The second-order valence-corrected chi connectivity index (χ2v) is 5.46. The third kappa shape index (κ3) is 3.94. The number of nitrogens with zero attached hydrogens (tertiary/aromatic N) is 2. The molecule has 0 saturated heterocycles. The van der Waals surface area contributed by atoms with Crippen molar-refractivity contribution in [2.45, 2.75) is 39.5 Å². The summed E-state index contributed by atoms with van der Waals surface area (Å²) in [5, 5.41) is 12.6. The van der Waals surface area contributed by atoms with Crippen LogP contribution in [0.1, 0.15) is 48.3 Å². The quantitative estimate of drug-likeness (QED) is 0.807. The van der Waals surface area contributed by atoms with Crippen LogP contribution in [0.2, 0.25) is 0 Å². The van der Waals surface area contributed by atoms with E-state index in [1.54, 1.807) is 0 Å². The standard InChI is InChI=1S/C16H25N3O2/c1-3-19(4-2)10-9-17-15-13(16(20)21)11-12-7-5-6-8-14(12)18-15/h11H,3-10H2,1-2H3,(H,17,18)(H,20,21). The molecule has 0 radical (unpaired) electrons. The number of aromatic carboxylic acids is 1. The number of nitrogens with one attached hydrogen (secondary N) is 1. The van der Waals surface area contributed by atoms with Crippen LogP contribution in [0.25, 0.3) is 0 Å². The van der Waals surface area contributed by atoms with Crippen molar-refractivity contribution in [3.63, 3.8) is 0 Å². The van der Waals surface area contributed by atoms with Gasteiger partial charge in [-0.1, -0.05) is 13.8 Å². The molecule has 1 heterocycles. The lowest BCUT2D eigenvalue weighted by Crippen LogP contribution is -2.29. The number of aromatic nitrogens is 1. The summed E-state index contributed by atoms with van der Waals surface area (Å²) in [5.41, 5.74) is 2.47. The maximum absolute atomic E-state index is 11.4. The zero-order chi connectivity index (χ0) is 15.2. The number of fused-ring (bicyclic) bond motifs is 1. The molecular weight excluding hydrogens is 266 g/mol. The molecule has 0 saturated carbocycles. The molecule has 5 heteroatoms. The van der Waals surface area contributed by atoms with Crippen molar-refractivity contribution in [3.05, 3.63) is 22.9 Å². The Bertz CT molecular complexity index is 499. The van der Waals surface area contributed by atoms with Crippen molar-refractivity contribution in [2.75, 3.05) is 31.5 Å². The first kappa shape index (κ1) is 15.8. The number of anilines is 1. The molecule has 0 amide bonds. The second kappa shape index (κ2) is 7.41. The predicted molar refractivity (Wildman–Crippen MR) is 84.1 cm³/mol. The highest BCUT2D eigenvalue weighted by Crippen LogP contribution is 2.24. The lowest BCUT2D eigenvalue weighted by molar-refractivity contribution is 0.0697. The van der Waals surface area contributed by atoms with E-state index >= 15 is 0 Å². The molecule has 0 fully saturated rings. The molecular formula is C16H25N3O2. The zero-order valence-electron chi connectivity index (χ0n) is 13.0. The van der Waals surface area contributed by atoms with Gasteiger partial charge in [0.2, 0.25) is 0 Å². The van der Waals surface area contributed by atoms with Crippen molar-refractivity contribution in [2.24, 2.45) is 0 Å². The van der Waals surface area contributed by atoms with Gasteiger partial charge in [0.25, 0.3) is 0 Å². The van der Waals surface area contributed by atoms with E-state index in [0.29, 0.717) is 17.9 Å². The average Bonchev–Trinajstić information content (AvgIpc) is 2.50. The van der Waals surface area contributed by atoms with Gasteiger partial charge in [-0.25, -0.2) is 9.78 Å². The van der Waals surface area contributed by atoms with Gasteiger partial charge in [0.05, 0.1) is 0 Å². The van der Waals surface area contributed by atoms with Crippen molar-refractivity contribution in [1.82, 2.24) is 9.88 Å². The Morgan fingerprint density at radius 3 is 2.71 bits per heavy atom. The smallest absolute Gasteiger partial charge is 0.339 e. The Morgan fingerprint density at radius 2 is 2.05 bits per heavy atom. The Morgan fingerprint density at radius 1 is 1.33 bits per heavy atom. The highest BCUT2D eigenvalue weighted by atomic mass is 16.4. The summed E-state index contributed by atoms with van der Waals surface area (Å²) in [4.78, 5) is 18.3. The Balaban J connectivity index is 2.11. The van der Waals surface area contributed by atoms with Crippen LogP contribution in [0.3, 0.4) is 0 Å². The number of hydrogen-bond donors (Lipinski definition) is 2. The molecule has 0 aromatic carbocycles. The van der Waals surface area contributed by atoms with Gasteiger partial charge in [0.1, 0.15) is 11.4 Å². The minimum atomic E-state index is -0.902. The first-order chi connectivity index (χ1) is 10.2. The first-order valence-corrected chi connectivity index (χ1v) is 7.88. The van der Waals surface area contributed by atoms with Gasteiger partial charge in [0, 0.05) is 18.8 Å². The number of carbonyl (C=O) groups is 1. The molecule has 1 aromatic rings. The number of pyridine rings is 1. The Labute approximate surface area is 126 Å². The molecule has 1 aliphatic carbocycles. The summed E-state index contributed by atoms with van der Waals surface area (Å²) in [5.74, 6) is -0.378. The highest BCUT2D eigenvalue weighted by molar-refractivity contribution is 5.93. The number of aryl methyl sites for hydroxylation is 2. The van der Waals surface area contributed by atoms with Crippen LogP contribution >= 0.6 is 0 Å². The summed E-state index contributed by atoms with van der Waals surface area (Å²) >= 11 is 0. The number of carboxylic acid groups (broad SMARTS) is 1. The summed E-state index contributed by atoms with van der Waals surface area (Å²) in [6, 6.07) is 1.81. The predicted octanol–water partition coefficient (Wildman–Crippen LogP) is 2.41. The maximum atomic E-state index is 11.4. The first-order valence-electron chi connectivity index (χ1n) is 7.88. The minimum absolute atomic E-state index is 0.301. The van der Waals surface area contributed by atoms with Gasteiger partial charge in [-0.15, -0.1) is 0 Å². The van der Waals surface area contributed by atoms with E-state index in [2.05, 4.69) is 29.0 Å². The number of carboxylic acids is 1. The summed E-state index contributed by atoms with van der Waals surface area (Å²) in [6.07, 6.45) is 4.18. The van der Waals surface area contributed by atoms with E-state index in [-0.39, 0.29) is 0 Å². The molecule has 0 spiro atoms. The number of hydrogen-bond acceptors (Lipinski definition) is 4. The van der Waals surface area contributed by atoms with Crippen LogP contribution in [-0.4, -0.2) is 47.1 Å². The van der Waals surface area contributed by atoms with E-state index < -0.39 is 5.97 Å². The fourth-order valence-electron chi connectivity index (χ4n) is 2.80. The van der Waals surface area contributed by atoms with Crippen LogP contribution in [0, 0.1) is 0 Å². The second-order valence-electron chi connectivity index (χ2n) is 5.46. The topological polar surface area (TPSA) is 65.5 Å². The molecule has 5 nitrogen and oxygen atoms in total. The maximum Gasteiger partial charge on any atom is 0.339 e. The SMILES string of the molecule is CCN(CC)CCNc1nc2c(cc1C(=O)O)CCCC2. The molecule has 2 N–H and O–H groups in total. The summed E-state index contributed by atoms with van der Waals surface area (Å²) in [6.45, 7) is 7.87. The minimum Gasteiger partial charge on any atom is -0.478 e. The van der Waals surface area contributed by atoms with Crippen LogP contribution < -0.4 is 5.32 Å². The van der Waals surface area contributed by atoms with Crippen LogP contribution in [0.4, 0.5) is 5.82 Å². The lowest BCUT2D eigenvalue weighted by Gasteiger charge is -2.20. The normalized spacial score (nSPS) is 14.0. The van der Waals surface area contributed by atoms with Gasteiger partial charge in [-0.2, -0.15) is 0 Å². The van der Waals surface area contributed by atoms with Crippen molar-refractivity contribution in [3.8, 4) is 0 Å². The van der Waals surface area contributed by atoms with E-state index in [9.17, 15) is 9.90 Å². The van der Waals surface area contributed by atoms with Crippen molar-refractivity contribution < 1.29 is 9.90 Å². The molecule has 1 aliphatic rings. The van der Waals surface area contributed by atoms with E-state index in [1.807, 2.05) is 6.07 Å². The number of likely N-dealkylation sites (N-methyl/N-ethyl adjacent to an activating group) is 1. The molecule has 0 aliphatic heterocycles. The Hall–Kier alpha value is -1.62. The zero-order valence-corrected chi connectivity index (χ0v) is 13.0. The fraction of sp³-hybridized carbons (Fsp3) is 0.625. The van der Waals surface area contributed by atoms with Gasteiger partial charge in [-0.3, -0.25) is 0 Å². The van der Waals surface area contributed by atoms with E-state index in [4.69, 9.17) is 0 Å². The molecule has 116 valence electrons. The van der Waals surface area contributed by atoms with Crippen molar-refractivity contribution >= 4 is 11.8 Å². The van der Waals surface area contributed by atoms with Gasteiger partial charge in [-0.05, 0) is 50.4 Å². The van der Waals surface area contributed by atoms with Gasteiger partial charge in [0.15, 0.2) is 0 Å². The van der Waals surface area contributed by atoms with E-state index in [1.165, 1.54) is 0 Å². The van der Waals surface area contributed by atoms with Crippen LogP contribution in [0.5, 0.6) is 0 Å². The molecule has 2 rings (SSSR count). The summed E-state index contributed by atoms with van der Waals surface area (Å²) in [7, 11) is 0. The van der Waals surface area contributed by atoms with Gasteiger partial charge < -0.3 is 15.3 Å². The average molecular weight is 291 g/mol. The van der Waals surface area contributed by atoms with Gasteiger partial charge >= 0.3 is 5.97 Å². The monoisotopic (exact) mass is 291 g/mol. The third-order valence-corrected chi connectivity index (χ3v) is 4.15. The van der Waals surface area contributed by atoms with Crippen LogP contribution in [-0.2, 0) is 12.8 Å². The Kier molecular flexibility index (Phi) is 5.56. The van der Waals surface area contributed by atoms with Crippen LogP contribution in [0.15, 0.2) is 6.07 Å². The summed E-state index contributed by atoms with van der Waals surface area (Å²) < 4.78 is 0. The molecule has 21 heavy (non-hydrogen) atoms. The van der Waals surface area contributed by atoms with Crippen molar-refractivity contribution in [1.29, 1.82) is 0 Å². The number of rotatable bonds is 7. The largest absolute Gasteiger partial charge is 0.478 e. The lowest BCUT2D eigenvalue weighted by atomic mass is 9.95. The molecule has 1 aromatic heterocycles. The van der Waals surface area contributed by atoms with E-state index in [0.717, 1.165) is 56.6 Å². The molecule has 0 bridgehead atoms. The molecule has 0 unspecified atom stereocenters. The fourth-order valence-corrected chi connectivity index (χ4v) is 2.80. The highest BCUT2D eigenvalue weighted by Gasteiger charge is 2.18. The third-order valence-electron chi connectivity index (χ3n) is 4.15.